The highest BCUT2D eigenvalue weighted by Gasteiger charge is 2.34. The number of nitrogen functional groups attached to an aromatic ring is 2. The highest BCUT2D eigenvalue weighted by atomic mass is 16.2. The molecule has 7 nitrogen and oxygen atoms in total. The highest BCUT2D eigenvalue weighted by Crippen LogP contribution is 2.36. The van der Waals surface area contributed by atoms with Crippen molar-refractivity contribution >= 4 is 23.4 Å². The topological polar surface area (TPSA) is 141 Å². The Bertz CT molecular complexity index is 898. The lowest BCUT2D eigenvalue weighted by atomic mass is 9.82. The zero-order valence-corrected chi connectivity index (χ0v) is 16.4. The first-order chi connectivity index (χ1) is 13.9. The van der Waals surface area contributed by atoms with Gasteiger partial charge in [0.15, 0.2) is 0 Å². The van der Waals surface area contributed by atoms with E-state index in [-0.39, 0.29) is 17.7 Å². The Kier molecular flexibility index (Phi) is 6.16. The number of urea groups is 1. The highest BCUT2D eigenvalue weighted by molar-refractivity contribution is 5.97. The number of amidine groups is 2. The smallest absolute Gasteiger partial charge is 0.319 e. The minimum atomic E-state index is -0.464. The van der Waals surface area contributed by atoms with E-state index in [0.717, 1.165) is 44.1 Å². The third-order valence-electron chi connectivity index (χ3n) is 5.49. The average Bonchev–Trinajstić information content (AvgIpc) is 2.94. The quantitative estimate of drug-likeness (QED) is 0.263. The van der Waals surface area contributed by atoms with Crippen LogP contribution >= 0.6 is 0 Å². The third kappa shape index (κ3) is 4.93. The zero-order valence-electron chi connectivity index (χ0n) is 16.4. The van der Waals surface area contributed by atoms with Crippen LogP contribution in [0, 0.1) is 10.8 Å². The van der Waals surface area contributed by atoms with Crippen molar-refractivity contribution in [1.82, 2.24) is 5.32 Å². The largest absolute Gasteiger partial charge is 0.384 e. The standard InChI is InChI=1S/C22H28N6O/c23-19(24)15-8-10-17(11-9-15)22(12-3-1-2-4-13-22)28-21(29)27-18-7-5-6-16(14-18)20(25)26/h5-11,14H,1-4,12-13H2,(H3,23,24)(H3,25,26)(H2,27,28,29). The SMILES string of the molecule is N=C(N)c1ccc(C2(NC(=O)Nc3cccc(C(=N)N)c3)CCCCCC2)cc1. The van der Waals surface area contributed by atoms with Gasteiger partial charge in [-0.05, 0) is 30.5 Å². The molecular weight excluding hydrogens is 364 g/mol. The summed E-state index contributed by atoms with van der Waals surface area (Å²) < 4.78 is 0. The van der Waals surface area contributed by atoms with Crippen LogP contribution in [0.5, 0.6) is 0 Å². The third-order valence-corrected chi connectivity index (χ3v) is 5.49. The molecule has 29 heavy (non-hydrogen) atoms. The van der Waals surface area contributed by atoms with Crippen molar-refractivity contribution in [2.45, 2.75) is 44.1 Å². The van der Waals surface area contributed by atoms with E-state index < -0.39 is 5.54 Å². The Balaban J connectivity index is 1.83. The molecule has 2 amide bonds. The number of hydrogen-bond acceptors (Lipinski definition) is 3. The molecule has 2 aromatic carbocycles. The Morgan fingerprint density at radius 2 is 1.48 bits per heavy atom. The molecule has 0 aromatic heterocycles. The zero-order chi connectivity index (χ0) is 20.9. The maximum absolute atomic E-state index is 12.9. The first kappa shape index (κ1) is 20.4. The number of hydrogen-bond donors (Lipinski definition) is 6. The normalized spacial score (nSPS) is 15.7. The number of benzene rings is 2. The molecule has 8 N–H and O–H groups in total. The van der Waals surface area contributed by atoms with Gasteiger partial charge in [0.25, 0.3) is 0 Å². The predicted molar refractivity (Wildman–Crippen MR) is 116 cm³/mol. The van der Waals surface area contributed by atoms with Gasteiger partial charge in [-0.3, -0.25) is 10.8 Å². The fourth-order valence-corrected chi connectivity index (χ4v) is 3.93. The maximum Gasteiger partial charge on any atom is 0.319 e. The first-order valence-corrected chi connectivity index (χ1v) is 9.88. The lowest BCUT2D eigenvalue weighted by Gasteiger charge is -2.35. The van der Waals surface area contributed by atoms with Gasteiger partial charge in [-0.15, -0.1) is 0 Å². The Morgan fingerprint density at radius 1 is 0.862 bits per heavy atom. The van der Waals surface area contributed by atoms with Gasteiger partial charge >= 0.3 is 6.03 Å². The molecule has 7 heteroatoms. The van der Waals surface area contributed by atoms with Crippen LogP contribution in [0.4, 0.5) is 10.5 Å². The lowest BCUT2D eigenvalue weighted by molar-refractivity contribution is 0.229. The number of carbonyl (C=O) groups excluding carboxylic acids is 1. The van der Waals surface area contributed by atoms with Crippen LogP contribution in [0.3, 0.4) is 0 Å². The van der Waals surface area contributed by atoms with Gasteiger partial charge < -0.3 is 22.1 Å². The van der Waals surface area contributed by atoms with Crippen molar-refractivity contribution < 1.29 is 4.79 Å². The molecule has 0 radical (unpaired) electrons. The summed E-state index contributed by atoms with van der Waals surface area (Å²) in [4.78, 5) is 12.9. The van der Waals surface area contributed by atoms with E-state index in [4.69, 9.17) is 22.3 Å². The van der Waals surface area contributed by atoms with Gasteiger partial charge in [0.1, 0.15) is 11.7 Å². The van der Waals surface area contributed by atoms with Crippen molar-refractivity contribution in [2.75, 3.05) is 5.32 Å². The molecule has 1 aliphatic carbocycles. The number of amides is 2. The molecule has 152 valence electrons. The number of nitrogens with two attached hydrogens (primary N) is 2. The molecule has 3 rings (SSSR count). The summed E-state index contributed by atoms with van der Waals surface area (Å²) >= 11 is 0. The fourth-order valence-electron chi connectivity index (χ4n) is 3.93. The summed E-state index contributed by atoms with van der Waals surface area (Å²) in [5.41, 5.74) is 13.5. The summed E-state index contributed by atoms with van der Waals surface area (Å²) in [5, 5.41) is 21.2. The summed E-state index contributed by atoms with van der Waals surface area (Å²) in [7, 11) is 0. The van der Waals surface area contributed by atoms with Crippen molar-refractivity contribution in [3.05, 3.63) is 65.2 Å². The van der Waals surface area contributed by atoms with Crippen LogP contribution in [0.1, 0.15) is 55.2 Å². The van der Waals surface area contributed by atoms with E-state index in [1.165, 1.54) is 0 Å². The van der Waals surface area contributed by atoms with E-state index in [1.54, 1.807) is 24.3 Å². The maximum atomic E-state index is 12.9. The summed E-state index contributed by atoms with van der Waals surface area (Å²) in [5.74, 6) is -0.0117. The molecule has 1 fully saturated rings. The predicted octanol–water partition coefficient (Wildman–Crippen LogP) is 3.63. The van der Waals surface area contributed by atoms with Crippen LogP contribution in [0.15, 0.2) is 48.5 Å². The summed E-state index contributed by atoms with van der Waals surface area (Å²) in [6.45, 7) is 0. The van der Waals surface area contributed by atoms with Crippen molar-refractivity contribution in [3.63, 3.8) is 0 Å². The molecule has 1 aliphatic rings. The minimum absolute atomic E-state index is 0.0301. The van der Waals surface area contributed by atoms with Crippen LogP contribution in [0.25, 0.3) is 0 Å². The molecule has 0 aliphatic heterocycles. The average molecular weight is 393 g/mol. The molecule has 1 saturated carbocycles. The lowest BCUT2D eigenvalue weighted by Crippen LogP contribution is -2.47. The summed E-state index contributed by atoms with van der Waals surface area (Å²) in [6, 6.07) is 14.2. The van der Waals surface area contributed by atoms with Gasteiger partial charge in [0.05, 0.1) is 5.54 Å². The minimum Gasteiger partial charge on any atom is -0.384 e. The number of carbonyl (C=O) groups is 1. The second-order valence-electron chi connectivity index (χ2n) is 7.56. The number of nitrogens with one attached hydrogen (secondary N) is 4. The van der Waals surface area contributed by atoms with Crippen molar-refractivity contribution in [3.8, 4) is 0 Å². The van der Waals surface area contributed by atoms with E-state index in [2.05, 4.69) is 10.6 Å². The Labute approximate surface area is 170 Å². The van der Waals surface area contributed by atoms with E-state index in [9.17, 15) is 4.79 Å². The molecule has 2 aromatic rings. The fraction of sp³-hybridized carbons (Fsp3) is 0.318. The van der Waals surface area contributed by atoms with Gasteiger partial charge in [-0.25, -0.2) is 4.79 Å². The number of rotatable bonds is 5. The van der Waals surface area contributed by atoms with Crippen LogP contribution in [-0.4, -0.2) is 17.7 Å². The molecule has 0 unspecified atom stereocenters. The van der Waals surface area contributed by atoms with E-state index >= 15 is 0 Å². The molecule has 0 heterocycles. The van der Waals surface area contributed by atoms with E-state index in [0.29, 0.717) is 16.8 Å². The second-order valence-corrected chi connectivity index (χ2v) is 7.56. The van der Waals surface area contributed by atoms with Gasteiger partial charge in [0.2, 0.25) is 0 Å². The number of anilines is 1. The molecule has 0 bridgehead atoms. The first-order valence-electron chi connectivity index (χ1n) is 9.88. The van der Waals surface area contributed by atoms with Gasteiger partial charge in [-0.1, -0.05) is 62.1 Å². The van der Waals surface area contributed by atoms with Gasteiger partial charge in [-0.2, -0.15) is 0 Å². The Hall–Kier alpha value is -3.35. The monoisotopic (exact) mass is 392 g/mol. The Morgan fingerprint density at radius 3 is 2.07 bits per heavy atom. The molecule has 0 atom stereocenters. The molecular formula is C22H28N6O. The molecule has 0 spiro atoms. The second kappa shape index (κ2) is 8.77. The van der Waals surface area contributed by atoms with Crippen molar-refractivity contribution in [2.24, 2.45) is 11.5 Å². The van der Waals surface area contributed by atoms with Crippen LogP contribution < -0.4 is 22.1 Å². The van der Waals surface area contributed by atoms with Gasteiger partial charge in [0, 0.05) is 16.8 Å². The molecule has 0 saturated heterocycles. The van der Waals surface area contributed by atoms with E-state index in [1.807, 2.05) is 24.3 Å². The van der Waals surface area contributed by atoms with Crippen LogP contribution in [0.2, 0.25) is 0 Å². The summed E-state index contributed by atoms with van der Waals surface area (Å²) in [6.07, 6.45) is 6.08. The van der Waals surface area contributed by atoms with Crippen LogP contribution in [-0.2, 0) is 5.54 Å². The van der Waals surface area contributed by atoms with Crippen molar-refractivity contribution in [1.29, 1.82) is 10.8 Å².